The van der Waals surface area contributed by atoms with E-state index in [1.807, 2.05) is 13.8 Å². The summed E-state index contributed by atoms with van der Waals surface area (Å²) in [5.74, 6) is 1.57. The molecule has 2 aliphatic carbocycles. The molecule has 0 aromatic rings. The van der Waals surface area contributed by atoms with Crippen LogP contribution in [0.5, 0.6) is 0 Å². The van der Waals surface area contributed by atoms with Crippen molar-refractivity contribution in [3.8, 4) is 0 Å². The van der Waals surface area contributed by atoms with Crippen LogP contribution in [0, 0.1) is 17.8 Å². The summed E-state index contributed by atoms with van der Waals surface area (Å²) in [7, 11) is 0. The first-order valence-corrected chi connectivity index (χ1v) is 5.89. The second kappa shape index (κ2) is 3.92. The zero-order chi connectivity index (χ0) is 10.1. The first-order valence-electron chi connectivity index (χ1n) is 5.89. The molecular formula is C12H20O2. The molecule has 0 amide bonds. The monoisotopic (exact) mass is 196 g/mol. The fraction of sp³-hybridized carbons (Fsp3) is 0.917. The maximum Gasteiger partial charge on any atom is 0.308 e. The van der Waals surface area contributed by atoms with Crippen molar-refractivity contribution in [2.45, 2.75) is 52.1 Å². The predicted octanol–water partition coefficient (Wildman–Crippen LogP) is 2.76. The van der Waals surface area contributed by atoms with E-state index < -0.39 is 0 Å². The van der Waals surface area contributed by atoms with Crippen LogP contribution in [-0.2, 0) is 9.53 Å². The number of ether oxygens (including phenoxy) is 1. The van der Waals surface area contributed by atoms with E-state index in [2.05, 4.69) is 0 Å². The molecule has 3 atom stereocenters. The molecule has 0 saturated heterocycles. The highest BCUT2D eigenvalue weighted by atomic mass is 16.5. The SMILES string of the molecule is CC(C)C(=O)OC1CCC2CCCC21. The zero-order valence-corrected chi connectivity index (χ0v) is 9.16. The fourth-order valence-electron chi connectivity index (χ4n) is 2.94. The summed E-state index contributed by atoms with van der Waals surface area (Å²) in [6.07, 6.45) is 6.61. The third kappa shape index (κ3) is 1.79. The Kier molecular flexibility index (Phi) is 2.80. The Morgan fingerprint density at radius 2 is 2.00 bits per heavy atom. The minimum atomic E-state index is -0.0115. The van der Waals surface area contributed by atoms with Gasteiger partial charge in [0.25, 0.3) is 0 Å². The van der Waals surface area contributed by atoms with Crippen molar-refractivity contribution in [1.29, 1.82) is 0 Å². The number of hydrogen-bond acceptors (Lipinski definition) is 2. The van der Waals surface area contributed by atoms with E-state index in [-0.39, 0.29) is 18.0 Å². The van der Waals surface area contributed by atoms with E-state index >= 15 is 0 Å². The summed E-state index contributed by atoms with van der Waals surface area (Å²) in [5.41, 5.74) is 0. The van der Waals surface area contributed by atoms with Gasteiger partial charge in [-0.3, -0.25) is 4.79 Å². The van der Waals surface area contributed by atoms with Gasteiger partial charge in [-0.2, -0.15) is 0 Å². The molecule has 0 N–H and O–H groups in total. The standard InChI is InChI=1S/C12H20O2/c1-8(2)12(13)14-11-7-6-9-4-3-5-10(9)11/h8-11H,3-7H2,1-2H3. The van der Waals surface area contributed by atoms with E-state index in [0.29, 0.717) is 5.92 Å². The van der Waals surface area contributed by atoms with Crippen molar-refractivity contribution >= 4 is 5.97 Å². The van der Waals surface area contributed by atoms with Gasteiger partial charge in [-0.05, 0) is 31.1 Å². The molecule has 2 nitrogen and oxygen atoms in total. The minimum absolute atomic E-state index is 0.0115. The van der Waals surface area contributed by atoms with Crippen LogP contribution in [0.3, 0.4) is 0 Å². The Hall–Kier alpha value is -0.530. The van der Waals surface area contributed by atoms with Gasteiger partial charge in [0.2, 0.25) is 0 Å². The third-order valence-corrected chi connectivity index (χ3v) is 3.76. The molecule has 3 unspecified atom stereocenters. The van der Waals surface area contributed by atoms with E-state index in [1.165, 1.54) is 25.7 Å². The highest BCUT2D eigenvalue weighted by Crippen LogP contribution is 2.45. The number of fused-ring (bicyclic) bond motifs is 1. The molecule has 2 saturated carbocycles. The number of rotatable bonds is 2. The summed E-state index contributed by atoms with van der Waals surface area (Å²) in [5, 5.41) is 0. The van der Waals surface area contributed by atoms with E-state index in [9.17, 15) is 4.79 Å². The van der Waals surface area contributed by atoms with Crippen LogP contribution in [0.4, 0.5) is 0 Å². The van der Waals surface area contributed by atoms with Crippen LogP contribution in [0.2, 0.25) is 0 Å². The summed E-state index contributed by atoms with van der Waals surface area (Å²) in [6.45, 7) is 3.81. The van der Waals surface area contributed by atoms with Crippen LogP contribution in [0.25, 0.3) is 0 Å². The quantitative estimate of drug-likeness (QED) is 0.635. The number of carbonyl (C=O) groups excluding carboxylic acids is 1. The van der Waals surface area contributed by atoms with E-state index in [4.69, 9.17) is 4.74 Å². The van der Waals surface area contributed by atoms with Gasteiger partial charge in [0.05, 0.1) is 5.92 Å². The molecule has 2 fully saturated rings. The normalized spacial score (nSPS) is 36.1. The molecule has 0 spiro atoms. The zero-order valence-electron chi connectivity index (χ0n) is 9.16. The maximum atomic E-state index is 11.5. The largest absolute Gasteiger partial charge is 0.462 e. The van der Waals surface area contributed by atoms with Crippen molar-refractivity contribution < 1.29 is 9.53 Å². The number of esters is 1. The molecule has 0 bridgehead atoms. The van der Waals surface area contributed by atoms with Crippen molar-refractivity contribution in [2.24, 2.45) is 17.8 Å². The van der Waals surface area contributed by atoms with Gasteiger partial charge < -0.3 is 4.74 Å². The van der Waals surface area contributed by atoms with Gasteiger partial charge in [-0.25, -0.2) is 0 Å². The lowest BCUT2D eigenvalue weighted by atomic mass is 9.99. The van der Waals surface area contributed by atoms with Crippen LogP contribution < -0.4 is 0 Å². The summed E-state index contributed by atoms with van der Waals surface area (Å²) >= 11 is 0. The van der Waals surface area contributed by atoms with Crippen LogP contribution in [0.15, 0.2) is 0 Å². The maximum absolute atomic E-state index is 11.5. The Bertz CT molecular complexity index is 222. The topological polar surface area (TPSA) is 26.3 Å². The number of hydrogen-bond donors (Lipinski definition) is 0. The van der Waals surface area contributed by atoms with Gasteiger partial charge in [0.1, 0.15) is 6.10 Å². The summed E-state index contributed by atoms with van der Waals surface area (Å²) < 4.78 is 5.55. The van der Waals surface area contributed by atoms with Gasteiger partial charge in [0.15, 0.2) is 0 Å². The molecule has 14 heavy (non-hydrogen) atoms. The van der Waals surface area contributed by atoms with Crippen molar-refractivity contribution in [2.75, 3.05) is 0 Å². The first kappa shape index (κ1) is 10.0. The van der Waals surface area contributed by atoms with E-state index in [1.54, 1.807) is 0 Å². The van der Waals surface area contributed by atoms with Crippen LogP contribution >= 0.6 is 0 Å². The Labute approximate surface area is 86.0 Å². The predicted molar refractivity (Wildman–Crippen MR) is 54.8 cm³/mol. The highest BCUT2D eigenvalue weighted by molar-refractivity contribution is 5.71. The average Bonchev–Trinajstić information content (AvgIpc) is 2.69. The molecule has 0 aromatic heterocycles. The molecule has 2 heteroatoms. The Balaban J connectivity index is 1.90. The molecule has 0 aromatic carbocycles. The lowest BCUT2D eigenvalue weighted by Gasteiger charge is -2.20. The molecule has 2 rings (SSSR count). The fourth-order valence-corrected chi connectivity index (χ4v) is 2.94. The van der Waals surface area contributed by atoms with Gasteiger partial charge >= 0.3 is 5.97 Å². The van der Waals surface area contributed by atoms with Crippen molar-refractivity contribution in [3.05, 3.63) is 0 Å². The molecule has 2 aliphatic rings. The van der Waals surface area contributed by atoms with Gasteiger partial charge in [0, 0.05) is 0 Å². The summed E-state index contributed by atoms with van der Waals surface area (Å²) in [4.78, 5) is 11.5. The smallest absolute Gasteiger partial charge is 0.308 e. The lowest BCUT2D eigenvalue weighted by Crippen LogP contribution is -2.25. The Morgan fingerprint density at radius 3 is 2.71 bits per heavy atom. The second-order valence-corrected chi connectivity index (χ2v) is 5.06. The lowest BCUT2D eigenvalue weighted by molar-refractivity contribution is -0.154. The van der Waals surface area contributed by atoms with Crippen LogP contribution in [0.1, 0.15) is 46.0 Å². The highest BCUT2D eigenvalue weighted by Gasteiger charge is 2.41. The third-order valence-electron chi connectivity index (χ3n) is 3.76. The van der Waals surface area contributed by atoms with E-state index in [0.717, 1.165) is 12.3 Å². The molecule has 0 aliphatic heterocycles. The average molecular weight is 196 g/mol. The minimum Gasteiger partial charge on any atom is -0.462 e. The molecular weight excluding hydrogens is 176 g/mol. The molecule has 0 heterocycles. The van der Waals surface area contributed by atoms with Gasteiger partial charge in [-0.1, -0.05) is 26.7 Å². The van der Waals surface area contributed by atoms with Crippen LogP contribution in [-0.4, -0.2) is 12.1 Å². The Morgan fingerprint density at radius 1 is 1.21 bits per heavy atom. The second-order valence-electron chi connectivity index (χ2n) is 5.06. The number of carbonyl (C=O) groups is 1. The summed E-state index contributed by atoms with van der Waals surface area (Å²) in [6, 6.07) is 0. The molecule has 80 valence electrons. The van der Waals surface area contributed by atoms with Crippen molar-refractivity contribution in [3.63, 3.8) is 0 Å². The first-order chi connectivity index (χ1) is 6.68. The van der Waals surface area contributed by atoms with Crippen molar-refractivity contribution in [1.82, 2.24) is 0 Å². The van der Waals surface area contributed by atoms with Gasteiger partial charge in [-0.15, -0.1) is 0 Å². The molecule has 0 radical (unpaired) electrons.